The summed E-state index contributed by atoms with van der Waals surface area (Å²) in [4.78, 5) is 0. The van der Waals surface area contributed by atoms with Crippen LogP contribution in [0.5, 0.6) is 0 Å². The van der Waals surface area contributed by atoms with Crippen molar-refractivity contribution in [3.63, 3.8) is 0 Å². The molecule has 0 aliphatic heterocycles. The summed E-state index contributed by atoms with van der Waals surface area (Å²) < 4.78 is 0. The van der Waals surface area contributed by atoms with Gasteiger partial charge in [-0.25, -0.2) is 0 Å². The van der Waals surface area contributed by atoms with Crippen molar-refractivity contribution in [3.05, 3.63) is 39.5 Å². The lowest BCUT2D eigenvalue weighted by Crippen LogP contribution is -2.00. The predicted octanol–water partition coefficient (Wildman–Crippen LogP) is 3.23. The highest BCUT2D eigenvalue weighted by atomic mass is 35.5. The van der Waals surface area contributed by atoms with Crippen LogP contribution in [-0.4, -0.2) is 0 Å². The van der Waals surface area contributed by atoms with Crippen molar-refractivity contribution in [3.8, 4) is 18.2 Å². The van der Waals surface area contributed by atoms with Crippen molar-refractivity contribution in [1.29, 1.82) is 15.8 Å². The lowest BCUT2D eigenvalue weighted by molar-refractivity contribution is 1.37. The van der Waals surface area contributed by atoms with Crippen LogP contribution in [0.1, 0.15) is 0 Å². The first-order chi connectivity index (χ1) is 8.10. The van der Waals surface area contributed by atoms with E-state index in [2.05, 4.69) is 5.32 Å². The number of benzene rings is 1. The molecule has 0 bridgehead atoms. The van der Waals surface area contributed by atoms with Crippen molar-refractivity contribution in [1.82, 2.24) is 0 Å². The van der Waals surface area contributed by atoms with E-state index in [9.17, 15) is 0 Å². The van der Waals surface area contributed by atoms with Crippen molar-refractivity contribution >= 4 is 28.9 Å². The third kappa shape index (κ3) is 3.40. The Morgan fingerprint density at radius 3 is 1.88 bits per heavy atom. The minimum absolute atomic E-state index is 0.145. The van der Waals surface area contributed by atoms with Gasteiger partial charge in [0.05, 0.1) is 0 Å². The highest BCUT2D eigenvalue weighted by molar-refractivity contribution is 6.35. The van der Waals surface area contributed by atoms with Gasteiger partial charge in [0, 0.05) is 15.7 Å². The summed E-state index contributed by atoms with van der Waals surface area (Å²) in [5.74, 6) is 0. The second-order valence-corrected chi connectivity index (χ2v) is 3.74. The van der Waals surface area contributed by atoms with E-state index in [1.54, 1.807) is 18.2 Å². The molecular formula is C11H4Cl2N4. The molecule has 0 fully saturated rings. The van der Waals surface area contributed by atoms with E-state index in [4.69, 9.17) is 39.0 Å². The SMILES string of the molecule is N#CC(C#N)=C(C#N)Nc1cc(Cl)cc(Cl)c1. The van der Waals surface area contributed by atoms with Gasteiger partial charge < -0.3 is 5.32 Å². The molecule has 1 aromatic carbocycles. The summed E-state index contributed by atoms with van der Waals surface area (Å²) in [6.45, 7) is 0. The van der Waals surface area contributed by atoms with Crippen LogP contribution in [0.2, 0.25) is 10.0 Å². The van der Waals surface area contributed by atoms with E-state index in [0.29, 0.717) is 15.7 Å². The van der Waals surface area contributed by atoms with Crippen LogP contribution in [-0.2, 0) is 0 Å². The number of allylic oxidation sites excluding steroid dienone is 2. The van der Waals surface area contributed by atoms with Crippen LogP contribution in [0.25, 0.3) is 0 Å². The highest BCUT2D eigenvalue weighted by Crippen LogP contribution is 2.23. The summed E-state index contributed by atoms with van der Waals surface area (Å²) in [5, 5.41) is 29.5. The maximum Gasteiger partial charge on any atom is 0.163 e. The second kappa shape index (κ2) is 5.77. The first-order valence-corrected chi connectivity index (χ1v) is 5.04. The third-order valence-electron chi connectivity index (χ3n) is 1.72. The molecule has 4 nitrogen and oxygen atoms in total. The van der Waals surface area contributed by atoms with E-state index in [1.807, 2.05) is 0 Å². The van der Waals surface area contributed by atoms with Gasteiger partial charge in [-0.15, -0.1) is 0 Å². The summed E-state index contributed by atoms with van der Waals surface area (Å²) in [5.41, 5.74) is -0.0148. The number of halogens is 2. The van der Waals surface area contributed by atoms with E-state index in [1.165, 1.54) is 18.2 Å². The Balaban J connectivity index is 3.15. The van der Waals surface area contributed by atoms with Crippen molar-refractivity contribution in [2.75, 3.05) is 5.32 Å². The van der Waals surface area contributed by atoms with Crippen LogP contribution in [0.4, 0.5) is 5.69 Å². The summed E-state index contributed by atoms with van der Waals surface area (Å²) in [7, 11) is 0. The van der Waals surface area contributed by atoms with E-state index in [-0.39, 0.29) is 11.3 Å². The topological polar surface area (TPSA) is 83.4 Å². The fourth-order valence-electron chi connectivity index (χ4n) is 1.05. The molecule has 1 N–H and O–H groups in total. The summed E-state index contributed by atoms with van der Waals surface area (Å²) >= 11 is 11.5. The molecular weight excluding hydrogens is 259 g/mol. The highest BCUT2D eigenvalue weighted by Gasteiger charge is 2.06. The minimum atomic E-state index is -0.302. The molecule has 0 aliphatic carbocycles. The summed E-state index contributed by atoms with van der Waals surface area (Å²) in [6, 6.07) is 9.55. The normalized spacial score (nSPS) is 8.41. The Kier molecular flexibility index (Phi) is 4.37. The van der Waals surface area contributed by atoms with Crippen molar-refractivity contribution in [2.24, 2.45) is 0 Å². The first-order valence-electron chi connectivity index (χ1n) is 4.28. The largest absolute Gasteiger partial charge is 0.345 e. The van der Waals surface area contributed by atoms with Crippen LogP contribution >= 0.6 is 23.2 Å². The molecule has 0 aliphatic rings. The number of nitrogens with zero attached hydrogens (tertiary/aromatic N) is 3. The smallest absolute Gasteiger partial charge is 0.163 e. The molecule has 6 heteroatoms. The molecule has 0 atom stereocenters. The zero-order valence-corrected chi connectivity index (χ0v) is 9.84. The number of rotatable bonds is 2. The number of nitrogens with one attached hydrogen (secondary N) is 1. The van der Waals surface area contributed by atoms with Gasteiger partial charge in [0.2, 0.25) is 0 Å². The van der Waals surface area contributed by atoms with Gasteiger partial charge in [-0.2, -0.15) is 15.8 Å². The van der Waals surface area contributed by atoms with Gasteiger partial charge in [0.1, 0.15) is 23.9 Å². The molecule has 1 aromatic rings. The number of anilines is 1. The fraction of sp³-hybridized carbons (Fsp3) is 0. The third-order valence-corrected chi connectivity index (χ3v) is 2.15. The Bertz CT molecular complexity index is 563. The van der Waals surface area contributed by atoms with Crippen LogP contribution < -0.4 is 5.32 Å². The Morgan fingerprint density at radius 2 is 1.47 bits per heavy atom. The second-order valence-electron chi connectivity index (χ2n) is 2.87. The Hall–Kier alpha value is -2.19. The zero-order valence-electron chi connectivity index (χ0n) is 8.33. The quantitative estimate of drug-likeness (QED) is 0.830. The molecule has 0 radical (unpaired) electrons. The molecule has 1 rings (SSSR count). The van der Waals surface area contributed by atoms with Crippen LogP contribution in [0, 0.1) is 34.0 Å². The lowest BCUT2D eigenvalue weighted by atomic mass is 10.2. The molecule has 0 saturated carbocycles. The predicted molar refractivity (Wildman–Crippen MR) is 63.9 cm³/mol. The van der Waals surface area contributed by atoms with Gasteiger partial charge in [0.25, 0.3) is 0 Å². The minimum Gasteiger partial charge on any atom is -0.345 e. The molecule has 0 amide bonds. The van der Waals surface area contributed by atoms with Gasteiger partial charge in [0.15, 0.2) is 5.57 Å². The van der Waals surface area contributed by atoms with Gasteiger partial charge >= 0.3 is 0 Å². The monoisotopic (exact) mass is 262 g/mol. The van der Waals surface area contributed by atoms with Crippen molar-refractivity contribution in [2.45, 2.75) is 0 Å². The first kappa shape index (κ1) is 12.9. The zero-order chi connectivity index (χ0) is 12.8. The molecule has 0 saturated heterocycles. The van der Waals surface area contributed by atoms with E-state index >= 15 is 0 Å². The fourth-order valence-corrected chi connectivity index (χ4v) is 1.58. The number of hydrogen-bond acceptors (Lipinski definition) is 4. The Morgan fingerprint density at radius 1 is 0.941 bits per heavy atom. The molecule has 0 spiro atoms. The van der Waals surface area contributed by atoms with Gasteiger partial charge in [-0.3, -0.25) is 0 Å². The lowest BCUT2D eigenvalue weighted by Gasteiger charge is -2.05. The molecule has 82 valence electrons. The summed E-state index contributed by atoms with van der Waals surface area (Å²) in [6.07, 6.45) is 0. The number of hydrogen-bond donors (Lipinski definition) is 1. The maximum absolute atomic E-state index is 8.82. The van der Waals surface area contributed by atoms with Crippen molar-refractivity contribution < 1.29 is 0 Å². The van der Waals surface area contributed by atoms with E-state index < -0.39 is 0 Å². The average Bonchev–Trinajstić information content (AvgIpc) is 2.27. The molecule has 0 unspecified atom stereocenters. The van der Waals surface area contributed by atoms with Gasteiger partial charge in [-0.05, 0) is 18.2 Å². The maximum atomic E-state index is 8.82. The average molecular weight is 263 g/mol. The van der Waals surface area contributed by atoms with Crippen LogP contribution in [0.15, 0.2) is 29.5 Å². The standard InChI is InChI=1S/C11H4Cl2N4/c12-8-1-9(13)3-10(2-8)17-11(6-16)7(4-14)5-15/h1-3,17H. The molecule has 17 heavy (non-hydrogen) atoms. The van der Waals surface area contributed by atoms with Gasteiger partial charge in [-0.1, -0.05) is 23.2 Å². The van der Waals surface area contributed by atoms with Crippen LogP contribution in [0.3, 0.4) is 0 Å². The Labute approximate surface area is 108 Å². The number of nitriles is 3. The van der Waals surface area contributed by atoms with E-state index in [0.717, 1.165) is 0 Å². The molecule has 0 heterocycles. The molecule has 0 aromatic heterocycles.